The van der Waals surface area contributed by atoms with Gasteiger partial charge in [-0.3, -0.25) is 4.79 Å². The molecule has 2 aromatic rings. The van der Waals surface area contributed by atoms with Gasteiger partial charge in [-0.05, 0) is 44.0 Å². The van der Waals surface area contributed by atoms with E-state index in [1.807, 2.05) is 43.3 Å². The van der Waals surface area contributed by atoms with Crippen LogP contribution in [0.15, 0.2) is 53.4 Å². The maximum Gasteiger partial charge on any atom is 0.339 e. The summed E-state index contributed by atoms with van der Waals surface area (Å²) in [7, 11) is 0. The molecule has 0 saturated carbocycles. The van der Waals surface area contributed by atoms with Crippen LogP contribution in [0.3, 0.4) is 0 Å². The number of benzene rings is 2. The van der Waals surface area contributed by atoms with Crippen molar-refractivity contribution in [3.05, 3.63) is 59.7 Å². The van der Waals surface area contributed by atoms with Crippen molar-refractivity contribution in [3.63, 3.8) is 0 Å². The van der Waals surface area contributed by atoms with Crippen LogP contribution in [-0.4, -0.2) is 36.9 Å². The minimum Gasteiger partial charge on any atom is -0.452 e. The number of esters is 1. The lowest BCUT2D eigenvalue weighted by atomic mass is 10.2. The Bertz CT molecular complexity index is 785. The van der Waals surface area contributed by atoms with E-state index in [1.54, 1.807) is 23.9 Å². The first-order chi connectivity index (χ1) is 13.1. The van der Waals surface area contributed by atoms with Crippen LogP contribution in [0.1, 0.15) is 28.8 Å². The van der Waals surface area contributed by atoms with E-state index >= 15 is 0 Å². The largest absolute Gasteiger partial charge is 0.452 e. The fourth-order valence-electron chi connectivity index (χ4n) is 2.76. The third-order valence-electron chi connectivity index (χ3n) is 4.23. The molecule has 3 rings (SSSR count). The normalized spacial score (nSPS) is 16.1. The monoisotopic (exact) mass is 385 g/mol. The zero-order valence-electron chi connectivity index (χ0n) is 15.3. The van der Waals surface area contributed by atoms with Gasteiger partial charge in [0.05, 0.1) is 11.7 Å². The number of ether oxygens (including phenoxy) is 2. The number of amides is 1. The average molecular weight is 385 g/mol. The summed E-state index contributed by atoms with van der Waals surface area (Å²) in [6.07, 6.45) is 2.38. The SMILES string of the molecule is Cc1ccc(NC(=O)COC(=O)c2ccccc2SC[C@H]2CCCO2)cc1. The molecule has 5 nitrogen and oxygen atoms in total. The molecule has 0 aliphatic carbocycles. The van der Waals surface area contributed by atoms with E-state index < -0.39 is 5.97 Å². The van der Waals surface area contributed by atoms with Gasteiger partial charge in [-0.1, -0.05) is 29.8 Å². The van der Waals surface area contributed by atoms with Crippen molar-refractivity contribution in [2.45, 2.75) is 30.8 Å². The second kappa shape index (κ2) is 9.58. The molecule has 1 aliphatic rings. The van der Waals surface area contributed by atoms with Crippen LogP contribution >= 0.6 is 11.8 Å². The summed E-state index contributed by atoms with van der Waals surface area (Å²) >= 11 is 1.58. The molecule has 1 amide bonds. The molecule has 1 atom stereocenters. The Labute approximate surface area is 163 Å². The zero-order chi connectivity index (χ0) is 19.1. The van der Waals surface area contributed by atoms with Crippen LogP contribution in [0, 0.1) is 6.92 Å². The van der Waals surface area contributed by atoms with Gasteiger partial charge in [0.25, 0.3) is 5.91 Å². The summed E-state index contributed by atoms with van der Waals surface area (Å²) in [6, 6.07) is 14.7. The van der Waals surface area contributed by atoms with Crippen molar-refractivity contribution in [2.24, 2.45) is 0 Å². The molecule has 0 aromatic heterocycles. The smallest absolute Gasteiger partial charge is 0.339 e. The molecule has 27 heavy (non-hydrogen) atoms. The Morgan fingerprint density at radius 2 is 1.96 bits per heavy atom. The van der Waals surface area contributed by atoms with Crippen LogP contribution in [0.5, 0.6) is 0 Å². The molecular weight excluding hydrogens is 362 g/mol. The van der Waals surface area contributed by atoms with Crippen molar-refractivity contribution >= 4 is 29.3 Å². The van der Waals surface area contributed by atoms with Gasteiger partial charge in [0, 0.05) is 22.9 Å². The number of hydrogen-bond acceptors (Lipinski definition) is 5. The van der Waals surface area contributed by atoms with Gasteiger partial charge in [0.15, 0.2) is 6.61 Å². The quantitative estimate of drug-likeness (QED) is 0.575. The maximum atomic E-state index is 12.4. The number of carbonyl (C=O) groups is 2. The highest BCUT2D eigenvalue weighted by Crippen LogP contribution is 2.27. The molecule has 1 aliphatic heterocycles. The van der Waals surface area contributed by atoms with Crippen LogP contribution in [-0.2, 0) is 14.3 Å². The van der Waals surface area contributed by atoms with E-state index in [-0.39, 0.29) is 18.6 Å². The van der Waals surface area contributed by atoms with Crippen LogP contribution in [0.25, 0.3) is 0 Å². The molecule has 142 valence electrons. The molecule has 1 saturated heterocycles. The van der Waals surface area contributed by atoms with E-state index in [1.165, 1.54) is 0 Å². The summed E-state index contributed by atoms with van der Waals surface area (Å²) < 4.78 is 10.8. The van der Waals surface area contributed by atoms with E-state index in [2.05, 4.69) is 5.32 Å². The Morgan fingerprint density at radius 1 is 1.19 bits per heavy atom. The standard InChI is InChI=1S/C21H23NO4S/c1-15-8-10-16(11-9-15)22-20(23)13-26-21(24)18-6-2-3-7-19(18)27-14-17-5-4-12-25-17/h2-3,6-11,17H,4-5,12-14H2,1H3,(H,22,23)/t17-/m1/s1. The average Bonchev–Trinajstić information content (AvgIpc) is 3.20. The lowest BCUT2D eigenvalue weighted by Crippen LogP contribution is -2.21. The summed E-state index contributed by atoms with van der Waals surface area (Å²) in [5.41, 5.74) is 2.26. The van der Waals surface area contributed by atoms with Gasteiger partial charge in [-0.25, -0.2) is 4.79 Å². The number of thioether (sulfide) groups is 1. The Morgan fingerprint density at radius 3 is 2.70 bits per heavy atom. The minimum atomic E-state index is -0.496. The van der Waals surface area contributed by atoms with Crippen molar-refractivity contribution < 1.29 is 19.1 Å². The van der Waals surface area contributed by atoms with E-state index in [0.29, 0.717) is 11.3 Å². The molecule has 0 bridgehead atoms. The highest BCUT2D eigenvalue weighted by Gasteiger charge is 2.19. The van der Waals surface area contributed by atoms with Gasteiger partial charge in [0.2, 0.25) is 0 Å². The number of aryl methyl sites for hydroxylation is 1. The third-order valence-corrected chi connectivity index (χ3v) is 5.43. The predicted octanol–water partition coefficient (Wildman–Crippen LogP) is 4.06. The van der Waals surface area contributed by atoms with Crippen LogP contribution in [0.4, 0.5) is 5.69 Å². The summed E-state index contributed by atoms with van der Waals surface area (Å²) in [5, 5.41) is 2.71. The minimum absolute atomic E-state index is 0.236. The highest BCUT2D eigenvalue weighted by atomic mass is 32.2. The molecular formula is C21H23NO4S. The fourth-order valence-corrected chi connectivity index (χ4v) is 3.87. The van der Waals surface area contributed by atoms with Crippen LogP contribution in [0.2, 0.25) is 0 Å². The molecule has 6 heteroatoms. The van der Waals surface area contributed by atoms with Gasteiger partial charge in [-0.2, -0.15) is 0 Å². The van der Waals surface area contributed by atoms with E-state index in [9.17, 15) is 9.59 Å². The van der Waals surface area contributed by atoms with E-state index in [4.69, 9.17) is 9.47 Å². The summed E-state index contributed by atoms with van der Waals surface area (Å²) in [4.78, 5) is 25.3. The molecule has 1 N–H and O–H groups in total. The van der Waals surface area contributed by atoms with Gasteiger partial charge >= 0.3 is 5.97 Å². The molecule has 2 aromatic carbocycles. The summed E-state index contributed by atoms with van der Waals surface area (Å²) in [5.74, 6) is -0.0562. The zero-order valence-corrected chi connectivity index (χ0v) is 16.1. The second-order valence-corrected chi connectivity index (χ2v) is 7.49. The highest BCUT2D eigenvalue weighted by molar-refractivity contribution is 7.99. The van der Waals surface area contributed by atoms with Crippen molar-refractivity contribution in [1.82, 2.24) is 0 Å². The Kier molecular flexibility index (Phi) is 6.90. The Hall–Kier alpha value is -2.31. The second-order valence-electron chi connectivity index (χ2n) is 6.43. The third kappa shape index (κ3) is 5.84. The lowest BCUT2D eigenvalue weighted by molar-refractivity contribution is -0.119. The van der Waals surface area contributed by atoms with Crippen LogP contribution < -0.4 is 5.32 Å². The van der Waals surface area contributed by atoms with Gasteiger partial charge in [-0.15, -0.1) is 11.8 Å². The molecule has 0 spiro atoms. The summed E-state index contributed by atoms with van der Waals surface area (Å²) in [6.45, 7) is 2.46. The van der Waals surface area contributed by atoms with Gasteiger partial charge in [0.1, 0.15) is 0 Å². The molecule has 1 heterocycles. The number of anilines is 1. The number of nitrogens with one attached hydrogen (secondary N) is 1. The molecule has 0 radical (unpaired) electrons. The topological polar surface area (TPSA) is 64.6 Å². The Balaban J connectivity index is 1.52. The van der Waals surface area contributed by atoms with Crippen molar-refractivity contribution in [2.75, 3.05) is 24.3 Å². The van der Waals surface area contributed by atoms with Gasteiger partial charge < -0.3 is 14.8 Å². The van der Waals surface area contributed by atoms with E-state index in [0.717, 1.165) is 35.7 Å². The maximum absolute atomic E-state index is 12.4. The fraction of sp³-hybridized carbons (Fsp3) is 0.333. The first-order valence-electron chi connectivity index (χ1n) is 8.99. The molecule has 0 unspecified atom stereocenters. The number of rotatable bonds is 7. The number of hydrogen-bond donors (Lipinski definition) is 1. The predicted molar refractivity (Wildman–Crippen MR) is 106 cm³/mol. The van der Waals surface area contributed by atoms with Crippen molar-refractivity contribution in [3.8, 4) is 0 Å². The lowest BCUT2D eigenvalue weighted by Gasteiger charge is -2.12. The number of carbonyl (C=O) groups excluding carboxylic acids is 2. The molecule has 1 fully saturated rings. The first-order valence-corrected chi connectivity index (χ1v) is 9.97. The van der Waals surface area contributed by atoms with Crippen molar-refractivity contribution in [1.29, 1.82) is 0 Å². The first kappa shape index (κ1) is 19.5.